The molecular formula is C13H20N2O2. The molecule has 4 heteroatoms. The second-order valence-electron chi connectivity index (χ2n) is 4.21. The Bertz CT molecular complexity index is 347. The van der Waals surface area contributed by atoms with Crippen LogP contribution in [0.4, 0.5) is 5.69 Å². The number of amides is 1. The van der Waals surface area contributed by atoms with Gasteiger partial charge in [0.1, 0.15) is 6.61 Å². The van der Waals surface area contributed by atoms with E-state index in [-0.39, 0.29) is 12.5 Å². The van der Waals surface area contributed by atoms with E-state index in [1.807, 2.05) is 24.3 Å². The summed E-state index contributed by atoms with van der Waals surface area (Å²) < 4.78 is 4.74. The normalized spacial score (nSPS) is 10.6. The molecule has 0 bridgehead atoms. The summed E-state index contributed by atoms with van der Waals surface area (Å²) in [4.78, 5) is 11.3. The molecule has 2 N–H and O–H groups in total. The monoisotopic (exact) mass is 236 g/mol. The minimum Gasteiger partial charge on any atom is -0.375 e. The van der Waals surface area contributed by atoms with Gasteiger partial charge in [0.25, 0.3) is 0 Å². The molecule has 0 aliphatic heterocycles. The molecule has 0 spiro atoms. The highest BCUT2D eigenvalue weighted by atomic mass is 16.5. The smallest absolute Gasteiger partial charge is 0.250 e. The van der Waals surface area contributed by atoms with E-state index in [4.69, 9.17) is 4.74 Å². The van der Waals surface area contributed by atoms with Gasteiger partial charge in [-0.05, 0) is 17.7 Å². The van der Waals surface area contributed by atoms with Crippen LogP contribution in [-0.2, 0) is 16.1 Å². The van der Waals surface area contributed by atoms with Crippen LogP contribution in [0.1, 0.15) is 19.4 Å². The minimum absolute atomic E-state index is 0.0800. The topological polar surface area (TPSA) is 50.4 Å². The van der Waals surface area contributed by atoms with Crippen molar-refractivity contribution in [2.45, 2.75) is 26.4 Å². The average molecular weight is 236 g/mol. The molecule has 1 amide bonds. The van der Waals surface area contributed by atoms with Crippen LogP contribution >= 0.6 is 0 Å². The highest BCUT2D eigenvalue weighted by molar-refractivity contribution is 5.91. The maximum Gasteiger partial charge on any atom is 0.250 e. The highest BCUT2D eigenvalue weighted by Gasteiger charge is 2.01. The Morgan fingerprint density at radius 3 is 2.47 bits per heavy atom. The highest BCUT2D eigenvalue weighted by Crippen LogP contribution is 2.09. The van der Waals surface area contributed by atoms with Crippen molar-refractivity contribution in [2.75, 3.05) is 19.0 Å². The van der Waals surface area contributed by atoms with E-state index in [2.05, 4.69) is 24.5 Å². The second-order valence-corrected chi connectivity index (χ2v) is 4.21. The standard InChI is InChI=1S/C13H20N2O2/c1-10(2)14-8-11-4-6-12(7-5-11)15-13(16)9-17-3/h4-7,10,14H,8-9H2,1-3H3,(H,15,16). The van der Waals surface area contributed by atoms with E-state index in [0.717, 1.165) is 12.2 Å². The van der Waals surface area contributed by atoms with Crippen LogP contribution < -0.4 is 10.6 Å². The van der Waals surface area contributed by atoms with E-state index in [0.29, 0.717) is 6.04 Å². The second kappa shape index (κ2) is 7.04. The summed E-state index contributed by atoms with van der Waals surface area (Å²) in [5, 5.41) is 6.09. The van der Waals surface area contributed by atoms with Crippen molar-refractivity contribution in [1.82, 2.24) is 5.32 Å². The molecule has 0 saturated carbocycles. The SMILES string of the molecule is COCC(=O)Nc1ccc(CNC(C)C)cc1. The Labute approximate surface area is 102 Å². The molecule has 1 rings (SSSR count). The molecule has 0 aromatic heterocycles. The minimum atomic E-state index is -0.138. The summed E-state index contributed by atoms with van der Waals surface area (Å²) in [6.45, 7) is 5.14. The first-order chi connectivity index (χ1) is 8.11. The summed E-state index contributed by atoms with van der Waals surface area (Å²) in [7, 11) is 1.50. The third-order valence-electron chi connectivity index (χ3n) is 2.23. The van der Waals surface area contributed by atoms with Gasteiger partial charge in [0.2, 0.25) is 5.91 Å². The third kappa shape index (κ3) is 5.47. The Kier molecular flexibility index (Phi) is 5.66. The van der Waals surface area contributed by atoms with E-state index < -0.39 is 0 Å². The molecule has 94 valence electrons. The molecular weight excluding hydrogens is 216 g/mol. The lowest BCUT2D eigenvalue weighted by molar-refractivity contribution is -0.119. The number of ether oxygens (including phenoxy) is 1. The number of anilines is 1. The molecule has 17 heavy (non-hydrogen) atoms. The summed E-state index contributed by atoms with van der Waals surface area (Å²) in [6.07, 6.45) is 0. The molecule has 0 radical (unpaired) electrons. The Morgan fingerprint density at radius 1 is 1.29 bits per heavy atom. The third-order valence-corrected chi connectivity index (χ3v) is 2.23. The fourth-order valence-corrected chi connectivity index (χ4v) is 1.36. The Hall–Kier alpha value is -1.39. The van der Waals surface area contributed by atoms with E-state index >= 15 is 0 Å². The molecule has 0 aliphatic carbocycles. The molecule has 0 atom stereocenters. The average Bonchev–Trinajstić information content (AvgIpc) is 2.28. The van der Waals surface area contributed by atoms with Gasteiger partial charge in [-0.25, -0.2) is 0 Å². The molecule has 1 aromatic carbocycles. The van der Waals surface area contributed by atoms with E-state index in [9.17, 15) is 4.79 Å². The Balaban J connectivity index is 2.47. The van der Waals surface area contributed by atoms with Crippen LogP contribution in [0, 0.1) is 0 Å². The first kappa shape index (κ1) is 13.7. The summed E-state index contributed by atoms with van der Waals surface area (Å²) in [5.74, 6) is -0.138. The van der Waals surface area contributed by atoms with Crippen LogP contribution in [-0.4, -0.2) is 25.7 Å². The van der Waals surface area contributed by atoms with Crippen molar-refractivity contribution >= 4 is 11.6 Å². The van der Waals surface area contributed by atoms with Crippen molar-refractivity contribution < 1.29 is 9.53 Å². The maximum atomic E-state index is 11.3. The largest absolute Gasteiger partial charge is 0.375 e. The van der Waals surface area contributed by atoms with Gasteiger partial charge in [0, 0.05) is 25.4 Å². The lowest BCUT2D eigenvalue weighted by Crippen LogP contribution is -2.21. The molecule has 0 fully saturated rings. The fourth-order valence-electron chi connectivity index (χ4n) is 1.36. The van der Waals surface area contributed by atoms with Crippen molar-refractivity contribution in [3.05, 3.63) is 29.8 Å². The number of hydrogen-bond donors (Lipinski definition) is 2. The molecule has 4 nitrogen and oxygen atoms in total. The van der Waals surface area contributed by atoms with Crippen molar-refractivity contribution in [3.8, 4) is 0 Å². The summed E-state index contributed by atoms with van der Waals surface area (Å²) in [5.41, 5.74) is 1.99. The number of methoxy groups -OCH3 is 1. The number of hydrogen-bond acceptors (Lipinski definition) is 3. The first-order valence-corrected chi connectivity index (χ1v) is 5.73. The zero-order valence-corrected chi connectivity index (χ0v) is 10.6. The summed E-state index contributed by atoms with van der Waals surface area (Å²) in [6, 6.07) is 8.25. The van der Waals surface area contributed by atoms with Gasteiger partial charge in [-0.1, -0.05) is 26.0 Å². The van der Waals surface area contributed by atoms with Gasteiger partial charge in [-0.3, -0.25) is 4.79 Å². The quantitative estimate of drug-likeness (QED) is 0.791. The number of carbonyl (C=O) groups excluding carboxylic acids is 1. The molecule has 0 aliphatic rings. The molecule has 0 saturated heterocycles. The van der Waals surface area contributed by atoms with E-state index in [1.165, 1.54) is 12.7 Å². The lowest BCUT2D eigenvalue weighted by Gasteiger charge is -2.09. The van der Waals surface area contributed by atoms with Crippen molar-refractivity contribution in [2.24, 2.45) is 0 Å². The zero-order valence-electron chi connectivity index (χ0n) is 10.6. The van der Waals surface area contributed by atoms with Crippen LogP contribution in [0.2, 0.25) is 0 Å². The van der Waals surface area contributed by atoms with Crippen molar-refractivity contribution in [3.63, 3.8) is 0 Å². The van der Waals surface area contributed by atoms with Crippen LogP contribution in [0.3, 0.4) is 0 Å². The predicted octanol–water partition coefficient (Wildman–Crippen LogP) is 1.77. The number of rotatable bonds is 6. The van der Waals surface area contributed by atoms with Gasteiger partial charge < -0.3 is 15.4 Å². The van der Waals surface area contributed by atoms with Gasteiger partial charge in [-0.2, -0.15) is 0 Å². The fraction of sp³-hybridized carbons (Fsp3) is 0.462. The van der Waals surface area contributed by atoms with E-state index in [1.54, 1.807) is 0 Å². The maximum absolute atomic E-state index is 11.3. The van der Waals surface area contributed by atoms with Crippen molar-refractivity contribution in [1.29, 1.82) is 0 Å². The van der Waals surface area contributed by atoms with Crippen LogP contribution in [0.5, 0.6) is 0 Å². The van der Waals surface area contributed by atoms with Crippen LogP contribution in [0.15, 0.2) is 24.3 Å². The lowest BCUT2D eigenvalue weighted by atomic mass is 10.2. The molecule has 1 aromatic rings. The molecule has 0 heterocycles. The zero-order chi connectivity index (χ0) is 12.7. The molecule has 0 unspecified atom stereocenters. The van der Waals surface area contributed by atoms with Gasteiger partial charge in [0.15, 0.2) is 0 Å². The van der Waals surface area contributed by atoms with Gasteiger partial charge in [0.05, 0.1) is 0 Å². The first-order valence-electron chi connectivity index (χ1n) is 5.73. The Morgan fingerprint density at radius 2 is 1.94 bits per heavy atom. The number of benzene rings is 1. The van der Waals surface area contributed by atoms with Gasteiger partial charge in [-0.15, -0.1) is 0 Å². The number of nitrogens with one attached hydrogen (secondary N) is 2. The summed E-state index contributed by atoms with van der Waals surface area (Å²) >= 11 is 0. The van der Waals surface area contributed by atoms with Crippen LogP contribution in [0.25, 0.3) is 0 Å². The number of carbonyl (C=O) groups is 1. The predicted molar refractivity (Wildman–Crippen MR) is 68.9 cm³/mol. The van der Waals surface area contributed by atoms with Gasteiger partial charge >= 0.3 is 0 Å².